The number of rotatable bonds is 5. The Hall–Kier alpha value is -0.370. The third-order valence-electron chi connectivity index (χ3n) is 1.77. The van der Waals surface area contributed by atoms with Crippen molar-refractivity contribution >= 4 is 6.29 Å². The molecular formula is C8H17NO. The summed E-state index contributed by atoms with van der Waals surface area (Å²) >= 11 is 0. The van der Waals surface area contributed by atoms with Crippen LogP contribution in [0.1, 0.15) is 26.7 Å². The Morgan fingerprint density at radius 3 is 2.60 bits per heavy atom. The van der Waals surface area contributed by atoms with E-state index in [1.54, 1.807) is 0 Å². The van der Waals surface area contributed by atoms with Gasteiger partial charge in [0.2, 0.25) is 0 Å². The second-order valence-corrected chi connectivity index (χ2v) is 2.73. The summed E-state index contributed by atoms with van der Waals surface area (Å²) in [5, 5.41) is 0. The Balaban J connectivity index is 3.47. The van der Waals surface area contributed by atoms with Crippen LogP contribution in [0.4, 0.5) is 0 Å². The van der Waals surface area contributed by atoms with Crippen molar-refractivity contribution < 1.29 is 4.79 Å². The Morgan fingerprint density at radius 1 is 1.60 bits per heavy atom. The molecule has 0 saturated carbocycles. The maximum Gasteiger partial charge on any atom is 0.121 e. The van der Waals surface area contributed by atoms with Gasteiger partial charge in [0, 0.05) is 12.5 Å². The number of nitrogens with zero attached hydrogens (tertiary/aromatic N) is 1. The summed E-state index contributed by atoms with van der Waals surface area (Å²) in [6, 6.07) is 0.400. The molecule has 0 aromatic heterocycles. The largest absolute Gasteiger partial charge is 0.303 e. The van der Waals surface area contributed by atoms with Gasteiger partial charge in [0.05, 0.1) is 0 Å². The Kier molecular flexibility index (Phi) is 5.22. The van der Waals surface area contributed by atoms with Crippen molar-refractivity contribution in [2.75, 3.05) is 13.6 Å². The highest BCUT2D eigenvalue weighted by molar-refractivity contribution is 5.50. The third-order valence-corrected chi connectivity index (χ3v) is 1.77. The van der Waals surface area contributed by atoms with Crippen LogP contribution in [-0.2, 0) is 4.79 Å². The van der Waals surface area contributed by atoms with E-state index in [0.29, 0.717) is 12.5 Å². The minimum atomic E-state index is 0.400. The number of hydrogen-bond donors (Lipinski definition) is 0. The van der Waals surface area contributed by atoms with Gasteiger partial charge in [0.15, 0.2) is 0 Å². The molecule has 0 aromatic carbocycles. The molecule has 2 heteroatoms. The third kappa shape index (κ3) is 3.62. The molecule has 0 fully saturated rings. The van der Waals surface area contributed by atoms with E-state index in [1.165, 1.54) is 0 Å². The zero-order valence-corrected chi connectivity index (χ0v) is 7.13. The summed E-state index contributed by atoms with van der Waals surface area (Å²) < 4.78 is 0. The summed E-state index contributed by atoms with van der Waals surface area (Å²) in [4.78, 5) is 12.3. The van der Waals surface area contributed by atoms with Crippen molar-refractivity contribution in [2.24, 2.45) is 0 Å². The molecule has 10 heavy (non-hydrogen) atoms. The highest BCUT2D eigenvalue weighted by Gasteiger charge is 2.05. The van der Waals surface area contributed by atoms with Gasteiger partial charge in [-0.25, -0.2) is 0 Å². The molecule has 0 radical (unpaired) electrons. The van der Waals surface area contributed by atoms with Crippen LogP contribution in [0.25, 0.3) is 0 Å². The lowest BCUT2D eigenvalue weighted by Gasteiger charge is -2.21. The van der Waals surface area contributed by atoms with E-state index in [9.17, 15) is 4.79 Å². The molecule has 0 aliphatic carbocycles. The summed E-state index contributed by atoms with van der Waals surface area (Å²) in [7, 11) is 2.05. The second-order valence-electron chi connectivity index (χ2n) is 2.73. The first-order valence-corrected chi connectivity index (χ1v) is 3.86. The molecule has 0 N–H and O–H groups in total. The zero-order chi connectivity index (χ0) is 7.98. The molecule has 0 rings (SSSR count). The number of aldehydes is 1. The fourth-order valence-corrected chi connectivity index (χ4v) is 0.892. The molecule has 0 aromatic rings. The smallest absolute Gasteiger partial charge is 0.121 e. The van der Waals surface area contributed by atoms with Crippen molar-refractivity contribution in [1.82, 2.24) is 4.90 Å². The van der Waals surface area contributed by atoms with E-state index in [-0.39, 0.29) is 0 Å². The molecule has 60 valence electrons. The van der Waals surface area contributed by atoms with Gasteiger partial charge in [0.1, 0.15) is 6.29 Å². The zero-order valence-electron chi connectivity index (χ0n) is 7.13. The first kappa shape index (κ1) is 9.63. The summed E-state index contributed by atoms with van der Waals surface area (Å²) in [5.74, 6) is 0. The summed E-state index contributed by atoms with van der Waals surface area (Å²) in [5.41, 5.74) is 0. The van der Waals surface area contributed by atoms with Gasteiger partial charge in [0.25, 0.3) is 0 Å². The SMILES string of the molecule is CCCN(C)C(C)CC=O. The van der Waals surface area contributed by atoms with Crippen LogP contribution >= 0.6 is 0 Å². The monoisotopic (exact) mass is 143 g/mol. The normalized spacial score (nSPS) is 13.6. The molecule has 0 bridgehead atoms. The van der Waals surface area contributed by atoms with Gasteiger partial charge >= 0.3 is 0 Å². The summed E-state index contributed by atoms with van der Waals surface area (Å²) in [6.07, 6.45) is 2.78. The topological polar surface area (TPSA) is 20.3 Å². The van der Waals surface area contributed by atoms with E-state index in [0.717, 1.165) is 19.3 Å². The fourth-order valence-electron chi connectivity index (χ4n) is 0.892. The van der Waals surface area contributed by atoms with Gasteiger partial charge in [-0.3, -0.25) is 0 Å². The molecule has 1 unspecified atom stereocenters. The van der Waals surface area contributed by atoms with Crippen LogP contribution in [0.3, 0.4) is 0 Å². The molecule has 0 aliphatic rings. The number of hydrogen-bond acceptors (Lipinski definition) is 2. The van der Waals surface area contributed by atoms with Crippen molar-refractivity contribution in [3.8, 4) is 0 Å². The van der Waals surface area contributed by atoms with Crippen LogP contribution in [0.15, 0.2) is 0 Å². The van der Waals surface area contributed by atoms with Gasteiger partial charge in [-0.1, -0.05) is 6.92 Å². The number of carbonyl (C=O) groups is 1. The quantitative estimate of drug-likeness (QED) is 0.541. The Labute approximate surface area is 63.2 Å². The molecule has 0 saturated heterocycles. The molecule has 0 aliphatic heterocycles. The van der Waals surface area contributed by atoms with Crippen LogP contribution in [0.5, 0.6) is 0 Å². The predicted octanol–water partition coefficient (Wildman–Crippen LogP) is 1.31. The fraction of sp³-hybridized carbons (Fsp3) is 0.875. The predicted molar refractivity (Wildman–Crippen MR) is 43.1 cm³/mol. The standard InChI is InChI=1S/C8H17NO/c1-4-6-9(3)8(2)5-7-10/h7-8H,4-6H2,1-3H3. The minimum Gasteiger partial charge on any atom is -0.303 e. The first-order chi connectivity index (χ1) is 4.72. The van der Waals surface area contributed by atoms with E-state index in [2.05, 4.69) is 25.8 Å². The van der Waals surface area contributed by atoms with E-state index in [4.69, 9.17) is 0 Å². The highest BCUT2D eigenvalue weighted by atomic mass is 16.1. The van der Waals surface area contributed by atoms with Crippen molar-refractivity contribution in [1.29, 1.82) is 0 Å². The maximum absolute atomic E-state index is 10.1. The van der Waals surface area contributed by atoms with E-state index >= 15 is 0 Å². The first-order valence-electron chi connectivity index (χ1n) is 3.86. The Morgan fingerprint density at radius 2 is 2.20 bits per heavy atom. The van der Waals surface area contributed by atoms with E-state index < -0.39 is 0 Å². The lowest BCUT2D eigenvalue weighted by Crippen LogP contribution is -2.29. The van der Waals surface area contributed by atoms with Gasteiger partial charge in [-0.2, -0.15) is 0 Å². The van der Waals surface area contributed by atoms with Crippen LogP contribution < -0.4 is 0 Å². The van der Waals surface area contributed by atoms with Crippen LogP contribution in [-0.4, -0.2) is 30.8 Å². The van der Waals surface area contributed by atoms with E-state index in [1.807, 2.05) is 0 Å². The number of carbonyl (C=O) groups excluding carboxylic acids is 1. The molecular weight excluding hydrogens is 126 g/mol. The molecule has 0 amide bonds. The van der Waals surface area contributed by atoms with Crippen molar-refractivity contribution in [3.05, 3.63) is 0 Å². The van der Waals surface area contributed by atoms with Crippen molar-refractivity contribution in [3.63, 3.8) is 0 Å². The summed E-state index contributed by atoms with van der Waals surface area (Å²) in [6.45, 7) is 5.29. The highest BCUT2D eigenvalue weighted by Crippen LogP contribution is 1.98. The lowest BCUT2D eigenvalue weighted by atomic mass is 10.2. The molecule has 1 atom stereocenters. The Bertz CT molecular complexity index is 93.3. The van der Waals surface area contributed by atoms with Crippen molar-refractivity contribution in [2.45, 2.75) is 32.7 Å². The lowest BCUT2D eigenvalue weighted by molar-refractivity contribution is -0.108. The molecule has 0 spiro atoms. The van der Waals surface area contributed by atoms with Gasteiger partial charge in [-0.05, 0) is 26.9 Å². The average Bonchev–Trinajstić information content (AvgIpc) is 1.89. The average molecular weight is 143 g/mol. The molecule has 0 heterocycles. The van der Waals surface area contributed by atoms with Gasteiger partial charge < -0.3 is 9.69 Å². The van der Waals surface area contributed by atoms with Crippen LogP contribution in [0.2, 0.25) is 0 Å². The second kappa shape index (κ2) is 5.42. The minimum absolute atomic E-state index is 0.400. The molecule has 2 nitrogen and oxygen atoms in total. The maximum atomic E-state index is 10.1. The van der Waals surface area contributed by atoms with Gasteiger partial charge in [-0.15, -0.1) is 0 Å². The van der Waals surface area contributed by atoms with Crippen LogP contribution in [0, 0.1) is 0 Å².